The lowest BCUT2D eigenvalue weighted by Crippen LogP contribution is -2.14. The van der Waals surface area contributed by atoms with E-state index in [-0.39, 0.29) is 17.0 Å². The lowest BCUT2D eigenvalue weighted by molar-refractivity contribution is 0.0693. The summed E-state index contributed by atoms with van der Waals surface area (Å²) in [6, 6.07) is 8.85. The molecule has 2 rings (SSSR count). The van der Waals surface area contributed by atoms with Gasteiger partial charge in [-0.15, -0.1) is 0 Å². The van der Waals surface area contributed by atoms with Crippen LogP contribution in [0.3, 0.4) is 0 Å². The molecule has 0 unspecified atom stereocenters. The van der Waals surface area contributed by atoms with Crippen LogP contribution in [0.15, 0.2) is 40.9 Å². The van der Waals surface area contributed by atoms with Crippen molar-refractivity contribution in [2.75, 3.05) is 11.9 Å². The highest BCUT2D eigenvalue weighted by molar-refractivity contribution is 9.10. The van der Waals surface area contributed by atoms with Crippen molar-refractivity contribution in [3.63, 3.8) is 0 Å². The van der Waals surface area contributed by atoms with E-state index in [4.69, 9.17) is 9.84 Å². The first-order chi connectivity index (χ1) is 10.9. The van der Waals surface area contributed by atoms with Crippen molar-refractivity contribution in [1.82, 2.24) is 0 Å². The van der Waals surface area contributed by atoms with Gasteiger partial charge in [0.15, 0.2) is 0 Å². The van der Waals surface area contributed by atoms with Crippen LogP contribution in [0.25, 0.3) is 0 Å². The molecule has 0 aromatic heterocycles. The molecule has 0 atom stereocenters. The number of benzene rings is 2. The second-order valence-electron chi connectivity index (χ2n) is 4.56. The molecule has 2 aromatic carbocycles. The number of amides is 1. The number of carboxylic acids is 1. The van der Waals surface area contributed by atoms with Crippen LogP contribution in [0.4, 0.5) is 5.69 Å². The smallest absolute Gasteiger partial charge is 0.339 e. The Morgan fingerprint density at radius 3 is 2.57 bits per heavy atom. The van der Waals surface area contributed by atoms with Gasteiger partial charge in [-0.2, -0.15) is 0 Å². The van der Waals surface area contributed by atoms with Gasteiger partial charge in [-0.05, 0) is 43.3 Å². The van der Waals surface area contributed by atoms with Crippen molar-refractivity contribution in [1.29, 1.82) is 0 Å². The van der Waals surface area contributed by atoms with Crippen molar-refractivity contribution in [3.8, 4) is 11.5 Å². The molecule has 120 valence electrons. The van der Waals surface area contributed by atoms with Crippen LogP contribution in [-0.2, 0) is 0 Å². The van der Waals surface area contributed by atoms with Gasteiger partial charge in [-0.25, -0.2) is 4.79 Å². The number of aromatic carboxylic acids is 1. The lowest BCUT2D eigenvalue weighted by atomic mass is 10.1. The Bertz CT molecular complexity index is 760. The number of rotatable bonds is 5. The van der Waals surface area contributed by atoms with Crippen molar-refractivity contribution in [2.45, 2.75) is 6.92 Å². The first-order valence-corrected chi connectivity index (χ1v) is 7.51. The number of carbonyl (C=O) groups is 2. The van der Waals surface area contributed by atoms with Crippen LogP contribution in [0.1, 0.15) is 27.6 Å². The number of halogens is 1. The van der Waals surface area contributed by atoms with E-state index in [0.717, 1.165) is 0 Å². The van der Waals surface area contributed by atoms with E-state index < -0.39 is 11.9 Å². The predicted molar refractivity (Wildman–Crippen MR) is 88.3 cm³/mol. The van der Waals surface area contributed by atoms with Gasteiger partial charge in [-0.1, -0.05) is 15.9 Å². The molecule has 0 radical (unpaired) electrons. The number of carboxylic acid groups (broad SMARTS) is 1. The molecule has 1 amide bonds. The van der Waals surface area contributed by atoms with Crippen LogP contribution in [0, 0.1) is 0 Å². The van der Waals surface area contributed by atoms with Crippen LogP contribution in [0.2, 0.25) is 0 Å². The number of nitrogens with one attached hydrogen (secondary N) is 1. The number of anilines is 1. The fourth-order valence-electron chi connectivity index (χ4n) is 1.94. The standard InChI is InChI=1S/C16H14BrNO5/c1-2-23-14-6-3-9(17)7-12(14)15(20)18-10-4-5-13(19)11(8-10)16(21)22/h3-8,19H,2H2,1H3,(H,18,20)(H,21,22). The zero-order valence-electron chi connectivity index (χ0n) is 12.2. The molecular weight excluding hydrogens is 366 g/mol. The van der Waals surface area contributed by atoms with E-state index in [1.54, 1.807) is 18.2 Å². The van der Waals surface area contributed by atoms with Crippen LogP contribution in [-0.4, -0.2) is 28.7 Å². The normalized spacial score (nSPS) is 10.2. The molecule has 0 spiro atoms. The Kier molecular flexibility index (Phi) is 5.23. The van der Waals surface area contributed by atoms with Gasteiger partial charge < -0.3 is 20.3 Å². The Morgan fingerprint density at radius 2 is 1.91 bits per heavy atom. The molecule has 0 aliphatic heterocycles. The van der Waals surface area contributed by atoms with Gasteiger partial charge in [0.1, 0.15) is 17.1 Å². The third kappa shape index (κ3) is 4.01. The van der Waals surface area contributed by atoms with E-state index in [0.29, 0.717) is 22.4 Å². The zero-order chi connectivity index (χ0) is 17.0. The Morgan fingerprint density at radius 1 is 1.17 bits per heavy atom. The van der Waals surface area contributed by atoms with Crippen molar-refractivity contribution >= 4 is 33.5 Å². The monoisotopic (exact) mass is 379 g/mol. The topological polar surface area (TPSA) is 95.9 Å². The van der Waals surface area contributed by atoms with E-state index in [1.165, 1.54) is 18.2 Å². The van der Waals surface area contributed by atoms with E-state index >= 15 is 0 Å². The molecule has 0 saturated heterocycles. The molecule has 0 fully saturated rings. The molecule has 0 aliphatic carbocycles. The van der Waals surface area contributed by atoms with E-state index in [1.807, 2.05) is 6.92 Å². The van der Waals surface area contributed by atoms with Gasteiger partial charge in [0.05, 0.1) is 12.2 Å². The Hall–Kier alpha value is -2.54. The van der Waals surface area contributed by atoms with Gasteiger partial charge >= 0.3 is 5.97 Å². The van der Waals surface area contributed by atoms with E-state index in [9.17, 15) is 14.7 Å². The van der Waals surface area contributed by atoms with Gasteiger partial charge in [0, 0.05) is 10.2 Å². The quantitative estimate of drug-likeness (QED) is 0.690. The van der Waals surface area contributed by atoms with E-state index in [2.05, 4.69) is 21.2 Å². The zero-order valence-corrected chi connectivity index (χ0v) is 13.8. The number of ether oxygens (including phenoxy) is 1. The fraction of sp³-hybridized carbons (Fsp3) is 0.125. The van der Waals surface area contributed by atoms with Crippen LogP contribution in [0.5, 0.6) is 11.5 Å². The summed E-state index contributed by atoms with van der Waals surface area (Å²) >= 11 is 3.30. The second-order valence-corrected chi connectivity index (χ2v) is 5.48. The third-order valence-electron chi connectivity index (χ3n) is 2.97. The SMILES string of the molecule is CCOc1ccc(Br)cc1C(=O)Nc1ccc(O)c(C(=O)O)c1. The first-order valence-electron chi connectivity index (χ1n) is 6.72. The Balaban J connectivity index is 2.31. The fourth-order valence-corrected chi connectivity index (χ4v) is 2.31. The molecule has 7 heteroatoms. The summed E-state index contributed by atoms with van der Waals surface area (Å²) in [6.45, 7) is 2.22. The Labute approximate surface area is 140 Å². The number of hydrogen-bond donors (Lipinski definition) is 3. The summed E-state index contributed by atoms with van der Waals surface area (Å²) < 4.78 is 6.13. The van der Waals surface area contributed by atoms with Gasteiger partial charge in [0.25, 0.3) is 5.91 Å². The number of carbonyl (C=O) groups excluding carboxylic acids is 1. The second kappa shape index (κ2) is 7.15. The molecule has 0 saturated carbocycles. The van der Waals surface area contributed by atoms with Gasteiger partial charge in [-0.3, -0.25) is 4.79 Å². The molecule has 2 aromatic rings. The molecule has 0 aliphatic rings. The summed E-state index contributed by atoms with van der Waals surface area (Å²) in [6.07, 6.45) is 0. The summed E-state index contributed by atoms with van der Waals surface area (Å²) in [5, 5.41) is 21.1. The maximum atomic E-state index is 12.4. The van der Waals surface area contributed by atoms with Crippen molar-refractivity contribution < 1.29 is 24.5 Å². The third-order valence-corrected chi connectivity index (χ3v) is 3.46. The summed E-state index contributed by atoms with van der Waals surface area (Å²) in [7, 11) is 0. The predicted octanol–water partition coefficient (Wildman–Crippen LogP) is 3.50. The van der Waals surface area contributed by atoms with Crippen LogP contribution < -0.4 is 10.1 Å². The number of aromatic hydroxyl groups is 1. The minimum absolute atomic E-state index is 0.257. The first kappa shape index (κ1) is 16.8. The van der Waals surface area contributed by atoms with Crippen LogP contribution >= 0.6 is 15.9 Å². The molecule has 0 heterocycles. The summed E-state index contributed by atoms with van der Waals surface area (Å²) in [5.41, 5.74) is 0.279. The number of hydrogen-bond acceptors (Lipinski definition) is 4. The van der Waals surface area contributed by atoms with Gasteiger partial charge in [0.2, 0.25) is 0 Å². The summed E-state index contributed by atoms with van der Waals surface area (Å²) in [4.78, 5) is 23.4. The maximum Gasteiger partial charge on any atom is 0.339 e. The number of phenols is 1. The minimum Gasteiger partial charge on any atom is -0.507 e. The average Bonchev–Trinajstić information content (AvgIpc) is 2.50. The molecule has 3 N–H and O–H groups in total. The molecule has 23 heavy (non-hydrogen) atoms. The maximum absolute atomic E-state index is 12.4. The molecule has 6 nitrogen and oxygen atoms in total. The highest BCUT2D eigenvalue weighted by Gasteiger charge is 2.16. The molecular formula is C16H14BrNO5. The van der Waals surface area contributed by atoms with Crippen molar-refractivity contribution in [2.24, 2.45) is 0 Å². The minimum atomic E-state index is -1.28. The largest absolute Gasteiger partial charge is 0.507 e. The lowest BCUT2D eigenvalue weighted by Gasteiger charge is -2.12. The highest BCUT2D eigenvalue weighted by atomic mass is 79.9. The average molecular weight is 380 g/mol. The van der Waals surface area contributed by atoms with Crippen molar-refractivity contribution in [3.05, 3.63) is 52.0 Å². The highest BCUT2D eigenvalue weighted by Crippen LogP contribution is 2.26. The molecule has 0 bridgehead atoms. The summed E-state index contributed by atoms with van der Waals surface area (Å²) in [5.74, 6) is -1.67.